The zero-order valence-corrected chi connectivity index (χ0v) is 5.94. The number of nitrogens with zero attached hydrogens (tertiary/aromatic N) is 4. The van der Waals surface area contributed by atoms with Crippen molar-refractivity contribution >= 4 is 5.95 Å². The topological polar surface area (TPSA) is 87.2 Å². The Bertz CT molecular complexity index is 291. The molecule has 4 N–H and O–H groups in total. The average Bonchev–Trinajstić information content (AvgIpc) is 2.09. The molecule has 10 heavy (non-hydrogen) atoms. The van der Waals surface area contributed by atoms with Crippen LogP contribution in [0.1, 0.15) is 0 Å². The lowest BCUT2D eigenvalue weighted by atomic mass is 10.9. The van der Waals surface area contributed by atoms with Crippen LogP contribution in [0.4, 0.5) is 5.95 Å². The zero-order chi connectivity index (χ0) is 7.72. The number of aryl methyl sites for hydroxylation is 1. The van der Waals surface area contributed by atoms with Crippen molar-refractivity contribution in [3.63, 3.8) is 0 Å². The fourth-order valence-electron chi connectivity index (χ4n) is 0.755. The second kappa shape index (κ2) is 2.05. The van der Waals surface area contributed by atoms with Crippen molar-refractivity contribution in [2.24, 2.45) is 25.0 Å². The fourth-order valence-corrected chi connectivity index (χ4v) is 0.755. The van der Waals surface area contributed by atoms with Gasteiger partial charge >= 0.3 is 0 Å². The van der Waals surface area contributed by atoms with E-state index in [2.05, 4.69) is 10.2 Å². The molecule has 0 aliphatic carbocycles. The van der Waals surface area contributed by atoms with Crippen LogP contribution < -0.4 is 17.2 Å². The first-order valence-corrected chi connectivity index (χ1v) is 2.76. The molecule has 0 fully saturated rings. The van der Waals surface area contributed by atoms with Crippen molar-refractivity contribution in [3.8, 4) is 0 Å². The molecule has 1 aromatic rings. The van der Waals surface area contributed by atoms with E-state index in [0.717, 1.165) is 0 Å². The molecule has 0 saturated heterocycles. The second-order valence-corrected chi connectivity index (χ2v) is 1.97. The minimum absolute atomic E-state index is 0.395. The van der Waals surface area contributed by atoms with Crippen LogP contribution in [-0.2, 0) is 14.1 Å². The Labute approximate surface area is 57.7 Å². The van der Waals surface area contributed by atoms with Gasteiger partial charge in [0.1, 0.15) is 0 Å². The van der Waals surface area contributed by atoms with Gasteiger partial charge in [-0.2, -0.15) is 0 Å². The van der Waals surface area contributed by atoms with Crippen LogP contribution in [-0.4, -0.2) is 14.3 Å². The summed E-state index contributed by atoms with van der Waals surface area (Å²) in [5.74, 6) is 5.45. The molecule has 0 aromatic carbocycles. The maximum absolute atomic E-state index is 5.43. The minimum Gasteiger partial charge on any atom is -0.368 e. The molecule has 1 aromatic heterocycles. The van der Waals surface area contributed by atoms with Crippen LogP contribution in [0.2, 0.25) is 0 Å². The molecule has 0 aliphatic heterocycles. The van der Waals surface area contributed by atoms with E-state index in [1.54, 1.807) is 18.7 Å². The van der Waals surface area contributed by atoms with E-state index in [4.69, 9.17) is 11.6 Å². The number of nitrogen functional groups attached to an aromatic ring is 1. The van der Waals surface area contributed by atoms with Gasteiger partial charge in [0.15, 0.2) is 0 Å². The van der Waals surface area contributed by atoms with Gasteiger partial charge in [0.25, 0.3) is 0 Å². The summed E-state index contributed by atoms with van der Waals surface area (Å²) in [6, 6.07) is 0. The van der Waals surface area contributed by atoms with E-state index in [-0.39, 0.29) is 0 Å². The van der Waals surface area contributed by atoms with Crippen LogP contribution >= 0.6 is 0 Å². The predicted molar refractivity (Wildman–Crippen MR) is 36.3 cm³/mol. The molecule has 6 heteroatoms. The van der Waals surface area contributed by atoms with Gasteiger partial charge in [-0.3, -0.25) is 4.57 Å². The highest BCUT2D eigenvalue weighted by Crippen LogP contribution is 1.84. The number of anilines is 1. The van der Waals surface area contributed by atoms with Crippen LogP contribution in [0.5, 0.6) is 0 Å². The number of rotatable bonds is 0. The molecular weight excluding hydrogens is 132 g/mol. The van der Waals surface area contributed by atoms with Gasteiger partial charge in [0.05, 0.1) is 0 Å². The lowest BCUT2D eigenvalue weighted by Gasteiger charge is -1.88. The maximum atomic E-state index is 5.43. The summed E-state index contributed by atoms with van der Waals surface area (Å²) in [5, 5.41) is 7.34. The van der Waals surface area contributed by atoms with E-state index in [1.807, 2.05) is 0 Å². The molecule has 0 radical (unpaired) electrons. The molecule has 1 rings (SSSR count). The Morgan fingerprint density at radius 2 is 2.10 bits per heavy atom. The third kappa shape index (κ3) is 0.734. The van der Waals surface area contributed by atoms with E-state index >= 15 is 0 Å². The van der Waals surface area contributed by atoms with Gasteiger partial charge in [-0.25, -0.2) is 4.68 Å². The van der Waals surface area contributed by atoms with Gasteiger partial charge in [-0.1, -0.05) is 0 Å². The molecule has 0 spiro atoms. The molecular formula is C4H10N6. The first kappa shape index (κ1) is 6.66. The highest BCUT2D eigenvalue weighted by molar-refractivity contribution is 5.12. The third-order valence-corrected chi connectivity index (χ3v) is 1.30. The highest BCUT2D eigenvalue weighted by atomic mass is 15.4. The van der Waals surface area contributed by atoms with Crippen LogP contribution in [0, 0.1) is 0 Å². The Morgan fingerprint density at radius 3 is 2.30 bits per heavy atom. The Hall–Kier alpha value is -1.46. The average molecular weight is 142 g/mol. The molecule has 56 valence electrons. The van der Waals surface area contributed by atoms with Gasteiger partial charge in [0.2, 0.25) is 11.6 Å². The van der Waals surface area contributed by atoms with Gasteiger partial charge < -0.3 is 11.6 Å². The second-order valence-electron chi connectivity index (χ2n) is 1.97. The van der Waals surface area contributed by atoms with Crippen LogP contribution in [0.25, 0.3) is 0 Å². The minimum atomic E-state index is 0.395. The quantitative estimate of drug-likeness (QED) is 0.328. The maximum Gasteiger partial charge on any atom is 0.245 e. The Balaban J connectivity index is 3.50. The summed E-state index contributed by atoms with van der Waals surface area (Å²) in [6.45, 7) is 0. The SMILES string of the molecule is Cn1nc(N)n(C)/c1=N\N. The summed E-state index contributed by atoms with van der Waals surface area (Å²) in [5.41, 5.74) is 5.97. The summed E-state index contributed by atoms with van der Waals surface area (Å²) >= 11 is 0. The summed E-state index contributed by atoms with van der Waals surface area (Å²) in [7, 11) is 3.47. The summed E-state index contributed by atoms with van der Waals surface area (Å²) in [6.07, 6.45) is 0. The van der Waals surface area contributed by atoms with Crippen LogP contribution in [0.15, 0.2) is 5.10 Å². The lowest BCUT2D eigenvalue weighted by Crippen LogP contribution is -2.24. The molecule has 0 unspecified atom stereocenters. The van der Waals surface area contributed by atoms with Crippen molar-refractivity contribution in [2.75, 3.05) is 5.73 Å². The molecule has 0 amide bonds. The summed E-state index contributed by atoms with van der Waals surface area (Å²) < 4.78 is 3.11. The largest absolute Gasteiger partial charge is 0.368 e. The number of aromatic nitrogens is 3. The van der Waals surface area contributed by atoms with Gasteiger partial charge in [-0.15, -0.1) is 10.2 Å². The monoisotopic (exact) mass is 142 g/mol. The smallest absolute Gasteiger partial charge is 0.245 e. The highest BCUT2D eigenvalue weighted by Gasteiger charge is 1.98. The standard InChI is InChI=1S/C4H10N6/c1-9-3(5)8-10(2)4(9)7-6/h6H2,1-2H3,(H2,5,8)/b7-4+. The zero-order valence-electron chi connectivity index (χ0n) is 5.94. The lowest BCUT2D eigenvalue weighted by molar-refractivity contribution is 0.679. The summed E-state index contributed by atoms with van der Waals surface area (Å²) in [4.78, 5) is 0. The molecule has 6 nitrogen and oxygen atoms in total. The number of hydrogen-bond acceptors (Lipinski definition) is 4. The number of nitrogens with two attached hydrogens (primary N) is 2. The molecule has 0 aliphatic rings. The molecule has 0 bridgehead atoms. The molecule has 0 atom stereocenters. The molecule has 1 heterocycles. The van der Waals surface area contributed by atoms with Crippen molar-refractivity contribution in [2.45, 2.75) is 0 Å². The third-order valence-electron chi connectivity index (χ3n) is 1.30. The van der Waals surface area contributed by atoms with E-state index < -0.39 is 0 Å². The first-order chi connectivity index (χ1) is 4.66. The van der Waals surface area contributed by atoms with Crippen molar-refractivity contribution in [1.29, 1.82) is 0 Å². The normalized spacial score (nSPS) is 12.4. The molecule has 0 saturated carbocycles. The Kier molecular flexibility index (Phi) is 1.37. The van der Waals surface area contributed by atoms with Crippen LogP contribution in [0.3, 0.4) is 0 Å². The van der Waals surface area contributed by atoms with Crippen molar-refractivity contribution in [1.82, 2.24) is 14.3 Å². The fraction of sp³-hybridized carbons (Fsp3) is 0.500. The van der Waals surface area contributed by atoms with Gasteiger partial charge in [-0.05, 0) is 0 Å². The van der Waals surface area contributed by atoms with E-state index in [9.17, 15) is 0 Å². The van der Waals surface area contributed by atoms with Gasteiger partial charge in [0, 0.05) is 14.1 Å². The first-order valence-electron chi connectivity index (χ1n) is 2.76. The van der Waals surface area contributed by atoms with E-state index in [0.29, 0.717) is 11.6 Å². The van der Waals surface area contributed by atoms with Crippen molar-refractivity contribution in [3.05, 3.63) is 5.62 Å². The van der Waals surface area contributed by atoms with E-state index in [1.165, 1.54) is 4.68 Å². The Morgan fingerprint density at radius 1 is 1.50 bits per heavy atom. The predicted octanol–water partition coefficient (Wildman–Crippen LogP) is -1.88. The number of hydrogen-bond donors (Lipinski definition) is 2. The van der Waals surface area contributed by atoms with Crippen molar-refractivity contribution < 1.29 is 0 Å².